The van der Waals surface area contributed by atoms with Crippen LogP contribution in [0, 0.1) is 0 Å². The zero-order valence-corrected chi connectivity index (χ0v) is 10.8. The molecule has 4 nitrogen and oxygen atoms in total. The third kappa shape index (κ3) is 1.87. The molecule has 2 aliphatic rings. The smallest absolute Gasteiger partial charge is 0.154 e. The van der Waals surface area contributed by atoms with Crippen molar-refractivity contribution < 1.29 is 8.42 Å². The Hall–Kier alpha value is -0.940. The van der Waals surface area contributed by atoms with Gasteiger partial charge >= 0.3 is 0 Å². The van der Waals surface area contributed by atoms with Crippen molar-refractivity contribution in [2.24, 2.45) is 0 Å². The zero-order valence-electron chi connectivity index (χ0n) is 9.19. The molecule has 1 unspecified atom stereocenters. The van der Waals surface area contributed by atoms with Crippen molar-refractivity contribution in [2.45, 2.75) is 6.04 Å². The fraction of sp³-hybridized carbons (Fsp3) is 0.455. The molecule has 0 radical (unpaired) electrons. The minimum atomic E-state index is -2.89. The number of rotatable bonds is 0. The molecule has 3 rings (SSSR count). The first-order valence-electron chi connectivity index (χ1n) is 5.56. The van der Waals surface area contributed by atoms with Gasteiger partial charge in [0.05, 0.1) is 33.9 Å². The number of nitrogens with one attached hydrogen (secondary N) is 1. The van der Waals surface area contributed by atoms with E-state index in [1.165, 1.54) is 0 Å². The van der Waals surface area contributed by atoms with Crippen LogP contribution in [0.25, 0.3) is 0 Å². The average molecular weight is 273 g/mol. The van der Waals surface area contributed by atoms with Gasteiger partial charge in [0.2, 0.25) is 0 Å². The van der Waals surface area contributed by atoms with Crippen LogP contribution in [0.3, 0.4) is 0 Å². The molecule has 0 bridgehead atoms. The maximum absolute atomic E-state index is 11.6. The molecule has 1 aromatic carbocycles. The normalized spacial score (nSPS) is 25.7. The molecule has 2 heterocycles. The first-order valence-corrected chi connectivity index (χ1v) is 7.76. The van der Waals surface area contributed by atoms with Crippen molar-refractivity contribution in [3.8, 4) is 0 Å². The van der Waals surface area contributed by atoms with Gasteiger partial charge in [0, 0.05) is 13.1 Å². The lowest BCUT2D eigenvalue weighted by molar-refractivity contribution is 0.559. The number of benzene rings is 1. The fourth-order valence-corrected chi connectivity index (χ4v) is 4.34. The van der Waals surface area contributed by atoms with E-state index in [1.54, 1.807) is 0 Å². The first kappa shape index (κ1) is 11.2. The Balaban J connectivity index is 2.03. The summed E-state index contributed by atoms with van der Waals surface area (Å²) in [5, 5.41) is 3.93. The Labute approximate surface area is 105 Å². The second-order valence-electron chi connectivity index (χ2n) is 4.48. The van der Waals surface area contributed by atoms with E-state index in [0.717, 1.165) is 11.4 Å². The van der Waals surface area contributed by atoms with E-state index in [9.17, 15) is 8.42 Å². The van der Waals surface area contributed by atoms with Gasteiger partial charge in [-0.1, -0.05) is 17.7 Å². The van der Waals surface area contributed by atoms with E-state index in [2.05, 4.69) is 10.2 Å². The third-order valence-electron chi connectivity index (χ3n) is 3.33. The minimum absolute atomic E-state index is 0.00106. The summed E-state index contributed by atoms with van der Waals surface area (Å²) < 4.78 is 23.2. The highest BCUT2D eigenvalue weighted by Crippen LogP contribution is 2.39. The van der Waals surface area contributed by atoms with Crippen molar-refractivity contribution in [2.75, 3.05) is 34.8 Å². The fourth-order valence-electron chi connectivity index (χ4n) is 2.53. The van der Waals surface area contributed by atoms with Gasteiger partial charge < -0.3 is 10.2 Å². The summed E-state index contributed by atoms with van der Waals surface area (Å²) in [6.45, 7) is 1.19. The van der Waals surface area contributed by atoms with Gasteiger partial charge in [-0.15, -0.1) is 0 Å². The van der Waals surface area contributed by atoms with Crippen molar-refractivity contribution in [3.05, 3.63) is 23.2 Å². The summed E-state index contributed by atoms with van der Waals surface area (Å²) in [5.41, 5.74) is 1.94. The molecule has 92 valence electrons. The highest BCUT2D eigenvalue weighted by atomic mass is 35.5. The molecule has 0 saturated carbocycles. The van der Waals surface area contributed by atoms with Gasteiger partial charge in [0.15, 0.2) is 9.84 Å². The lowest BCUT2D eigenvalue weighted by Gasteiger charge is -2.42. The van der Waals surface area contributed by atoms with E-state index in [-0.39, 0.29) is 17.5 Å². The molecule has 1 N–H and O–H groups in total. The standard InChI is InChI=1S/C11H13ClN2O2S/c12-9-2-1-3-10-11(9)14-4-5-17(15,16)7-8(14)6-13-10/h1-3,8,13H,4-7H2. The minimum Gasteiger partial charge on any atom is -0.381 e. The van der Waals surface area contributed by atoms with Gasteiger partial charge in [-0.3, -0.25) is 0 Å². The predicted octanol–water partition coefficient (Wildman–Crippen LogP) is 1.37. The van der Waals surface area contributed by atoms with E-state index < -0.39 is 9.84 Å². The van der Waals surface area contributed by atoms with Crippen LogP contribution in [0.1, 0.15) is 0 Å². The highest BCUT2D eigenvalue weighted by Gasteiger charge is 2.35. The monoisotopic (exact) mass is 272 g/mol. The Morgan fingerprint density at radius 1 is 1.41 bits per heavy atom. The molecule has 0 amide bonds. The van der Waals surface area contributed by atoms with E-state index in [0.29, 0.717) is 18.1 Å². The van der Waals surface area contributed by atoms with Crippen LogP contribution in [-0.4, -0.2) is 39.1 Å². The number of nitrogens with zero attached hydrogens (tertiary/aromatic N) is 1. The van der Waals surface area contributed by atoms with Crippen LogP contribution < -0.4 is 10.2 Å². The maximum Gasteiger partial charge on any atom is 0.154 e. The molecular formula is C11H13ClN2O2S. The molecule has 0 aromatic heterocycles. The SMILES string of the molecule is O=S1(=O)CCN2c3c(Cl)cccc3NCC2C1. The van der Waals surface area contributed by atoms with Crippen LogP contribution >= 0.6 is 11.6 Å². The Morgan fingerprint density at radius 3 is 3.06 bits per heavy atom. The number of anilines is 2. The van der Waals surface area contributed by atoms with Crippen molar-refractivity contribution in [1.29, 1.82) is 0 Å². The Kier molecular flexibility index (Phi) is 2.48. The number of sulfone groups is 1. The molecule has 2 aliphatic heterocycles. The van der Waals surface area contributed by atoms with E-state index in [1.807, 2.05) is 18.2 Å². The Morgan fingerprint density at radius 2 is 2.24 bits per heavy atom. The van der Waals surface area contributed by atoms with Gasteiger partial charge in [0.1, 0.15) is 0 Å². The number of para-hydroxylation sites is 1. The molecule has 1 saturated heterocycles. The van der Waals surface area contributed by atoms with Crippen LogP contribution in [-0.2, 0) is 9.84 Å². The topological polar surface area (TPSA) is 49.4 Å². The van der Waals surface area contributed by atoms with E-state index in [4.69, 9.17) is 11.6 Å². The molecule has 0 spiro atoms. The van der Waals surface area contributed by atoms with Gasteiger partial charge in [-0.05, 0) is 12.1 Å². The second-order valence-corrected chi connectivity index (χ2v) is 7.11. The maximum atomic E-state index is 11.6. The third-order valence-corrected chi connectivity index (χ3v) is 5.33. The van der Waals surface area contributed by atoms with Crippen molar-refractivity contribution >= 4 is 32.8 Å². The van der Waals surface area contributed by atoms with Gasteiger partial charge in [-0.25, -0.2) is 8.42 Å². The number of halogens is 1. The average Bonchev–Trinajstić information content (AvgIpc) is 2.27. The summed E-state index contributed by atoms with van der Waals surface area (Å²) in [5.74, 6) is 0.429. The summed E-state index contributed by atoms with van der Waals surface area (Å²) in [6.07, 6.45) is 0. The predicted molar refractivity (Wildman–Crippen MR) is 69.7 cm³/mol. The summed E-state index contributed by atoms with van der Waals surface area (Å²) in [7, 11) is -2.89. The summed E-state index contributed by atoms with van der Waals surface area (Å²) in [6, 6.07) is 5.71. The molecule has 6 heteroatoms. The second kappa shape index (κ2) is 3.78. The molecule has 1 aromatic rings. The van der Waals surface area contributed by atoms with Crippen LogP contribution in [0.5, 0.6) is 0 Å². The molecule has 0 aliphatic carbocycles. The van der Waals surface area contributed by atoms with Crippen LogP contribution in [0.2, 0.25) is 5.02 Å². The first-order chi connectivity index (χ1) is 8.07. The highest BCUT2D eigenvalue weighted by molar-refractivity contribution is 7.91. The molecule has 1 fully saturated rings. The lowest BCUT2D eigenvalue weighted by Crippen LogP contribution is -2.54. The summed E-state index contributed by atoms with van der Waals surface area (Å²) >= 11 is 6.20. The molecule has 17 heavy (non-hydrogen) atoms. The molecular weight excluding hydrogens is 260 g/mol. The van der Waals surface area contributed by atoms with Gasteiger partial charge in [0.25, 0.3) is 0 Å². The van der Waals surface area contributed by atoms with Crippen LogP contribution in [0.4, 0.5) is 11.4 Å². The van der Waals surface area contributed by atoms with Crippen molar-refractivity contribution in [1.82, 2.24) is 0 Å². The zero-order chi connectivity index (χ0) is 12.0. The van der Waals surface area contributed by atoms with Crippen LogP contribution in [0.15, 0.2) is 18.2 Å². The van der Waals surface area contributed by atoms with Gasteiger partial charge in [-0.2, -0.15) is 0 Å². The molecule has 1 atom stereocenters. The largest absolute Gasteiger partial charge is 0.381 e. The number of fused-ring (bicyclic) bond motifs is 3. The van der Waals surface area contributed by atoms with Crippen molar-refractivity contribution in [3.63, 3.8) is 0 Å². The lowest BCUT2D eigenvalue weighted by atomic mass is 10.1. The quantitative estimate of drug-likeness (QED) is 0.775. The van der Waals surface area contributed by atoms with E-state index >= 15 is 0 Å². The Bertz CT molecular complexity index is 559. The number of hydrogen-bond donors (Lipinski definition) is 1. The number of hydrogen-bond acceptors (Lipinski definition) is 4. The summed E-state index contributed by atoms with van der Waals surface area (Å²) in [4.78, 5) is 2.12.